The lowest BCUT2D eigenvalue weighted by molar-refractivity contribution is 0.280. The highest BCUT2D eigenvalue weighted by Crippen LogP contribution is 2.34. The summed E-state index contributed by atoms with van der Waals surface area (Å²) in [6, 6.07) is 7.70. The summed E-state index contributed by atoms with van der Waals surface area (Å²) in [7, 11) is 0. The van der Waals surface area contributed by atoms with E-state index in [4.69, 9.17) is 16.7 Å². The maximum atomic E-state index is 13.9. The molecule has 8 heteroatoms. The molecule has 25 heavy (non-hydrogen) atoms. The number of benzene rings is 2. The van der Waals surface area contributed by atoms with E-state index in [1.54, 1.807) is 6.07 Å². The first kappa shape index (κ1) is 18.5. The number of rotatable bonds is 6. The van der Waals surface area contributed by atoms with E-state index in [1.165, 1.54) is 11.9 Å². The van der Waals surface area contributed by atoms with E-state index in [9.17, 15) is 8.78 Å². The number of halogens is 4. The number of hydrogen-bond acceptors (Lipinski definition) is 3. The van der Waals surface area contributed by atoms with Crippen molar-refractivity contribution < 1.29 is 13.9 Å². The van der Waals surface area contributed by atoms with Gasteiger partial charge in [-0.05, 0) is 52.5 Å². The molecule has 0 aliphatic heterocycles. The van der Waals surface area contributed by atoms with Crippen molar-refractivity contribution in [1.29, 1.82) is 0 Å². The third kappa shape index (κ3) is 4.11. The van der Waals surface area contributed by atoms with Gasteiger partial charge in [-0.2, -0.15) is 0 Å². The van der Waals surface area contributed by atoms with E-state index in [0.717, 1.165) is 27.9 Å². The average molecular weight is 448 g/mol. The molecule has 0 amide bonds. The Bertz CT molecular complexity index is 919. The number of hydrogen-bond donors (Lipinski definition) is 2. The van der Waals surface area contributed by atoms with Crippen LogP contribution in [0.4, 0.5) is 14.5 Å². The molecule has 0 fully saturated rings. The largest absolute Gasteiger partial charge is 0.396 e. The zero-order valence-electron chi connectivity index (χ0n) is 12.9. The zero-order chi connectivity index (χ0) is 18.0. The molecule has 0 bridgehead atoms. The van der Waals surface area contributed by atoms with Gasteiger partial charge in [-0.25, -0.2) is 8.78 Å². The van der Waals surface area contributed by atoms with E-state index in [1.807, 2.05) is 22.9 Å². The van der Waals surface area contributed by atoms with Gasteiger partial charge in [-0.15, -0.1) is 0 Å². The Morgan fingerprint density at radius 3 is 2.76 bits per heavy atom. The lowest BCUT2D eigenvalue weighted by Gasteiger charge is -2.07. The van der Waals surface area contributed by atoms with Gasteiger partial charge >= 0.3 is 0 Å². The molecule has 1 heterocycles. The molecule has 1 aromatic heterocycles. The van der Waals surface area contributed by atoms with E-state index >= 15 is 0 Å². The molecule has 3 rings (SSSR count). The topological polar surface area (TPSA) is 37.2 Å². The molecule has 3 nitrogen and oxygen atoms in total. The van der Waals surface area contributed by atoms with Crippen LogP contribution in [-0.4, -0.2) is 16.3 Å². The summed E-state index contributed by atoms with van der Waals surface area (Å²) in [4.78, 5) is 0.854. The van der Waals surface area contributed by atoms with Gasteiger partial charge in [-0.3, -0.25) is 0 Å². The van der Waals surface area contributed by atoms with Crippen molar-refractivity contribution in [3.05, 3.63) is 57.7 Å². The maximum absolute atomic E-state index is 13.9. The van der Waals surface area contributed by atoms with E-state index < -0.39 is 11.6 Å². The molecule has 0 saturated heterocycles. The van der Waals surface area contributed by atoms with Crippen molar-refractivity contribution in [2.24, 2.45) is 0 Å². The molecular weight excluding hydrogens is 434 g/mol. The minimum absolute atomic E-state index is 0.0657. The Hall–Kier alpha value is -1.28. The molecule has 0 atom stereocenters. The van der Waals surface area contributed by atoms with Crippen molar-refractivity contribution in [3.63, 3.8) is 0 Å². The summed E-state index contributed by atoms with van der Waals surface area (Å²) in [6.45, 7) is 0.722. The monoisotopic (exact) mass is 446 g/mol. The zero-order valence-corrected chi connectivity index (χ0v) is 16.1. The molecule has 2 N–H and O–H groups in total. The van der Waals surface area contributed by atoms with Crippen LogP contribution in [0.5, 0.6) is 0 Å². The molecule has 0 spiro atoms. The number of anilines is 1. The smallest absolute Gasteiger partial charge is 0.148 e. The fourth-order valence-corrected chi connectivity index (χ4v) is 3.77. The highest BCUT2D eigenvalue weighted by Gasteiger charge is 2.12. The third-order valence-electron chi connectivity index (χ3n) is 3.65. The lowest BCUT2D eigenvalue weighted by Crippen LogP contribution is -1.98. The quantitative estimate of drug-likeness (QED) is 0.368. The summed E-state index contributed by atoms with van der Waals surface area (Å²) in [5, 5.41) is 10.6. The fourth-order valence-electron chi connectivity index (χ4n) is 2.45. The molecular formula is C17H14BrClF2N2OS. The molecule has 0 saturated carbocycles. The summed E-state index contributed by atoms with van der Waals surface area (Å²) >= 11 is 10.2. The molecule has 3 aromatic rings. The van der Waals surface area contributed by atoms with Crippen LogP contribution in [0.15, 0.2) is 45.9 Å². The Balaban J connectivity index is 1.90. The van der Waals surface area contributed by atoms with Crippen molar-refractivity contribution in [3.8, 4) is 0 Å². The first-order valence-corrected chi connectivity index (χ1v) is 9.45. The highest BCUT2D eigenvalue weighted by atomic mass is 79.9. The second-order valence-electron chi connectivity index (χ2n) is 5.38. The predicted octanol–water partition coefficient (Wildman–Crippen LogP) is 5.84. The Kier molecular flexibility index (Phi) is 5.89. The number of nitrogens with zero attached hydrogens (tertiary/aromatic N) is 1. The van der Waals surface area contributed by atoms with E-state index in [-0.39, 0.29) is 16.8 Å². The van der Waals surface area contributed by atoms with Crippen LogP contribution in [0.25, 0.3) is 10.9 Å². The van der Waals surface area contributed by atoms with Crippen LogP contribution in [-0.2, 0) is 6.54 Å². The first-order chi connectivity index (χ1) is 12.0. The normalized spacial score (nSPS) is 11.2. The summed E-state index contributed by atoms with van der Waals surface area (Å²) in [6.07, 6.45) is 2.52. The molecule has 0 unspecified atom stereocenters. The Morgan fingerprint density at radius 2 is 2.00 bits per heavy atom. The fraction of sp³-hybridized carbons (Fsp3) is 0.176. The Morgan fingerprint density at radius 1 is 1.20 bits per heavy atom. The second kappa shape index (κ2) is 7.95. The van der Waals surface area contributed by atoms with E-state index in [0.29, 0.717) is 18.0 Å². The van der Waals surface area contributed by atoms with Gasteiger partial charge in [0.05, 0.1) is 20.6 Å². The lowest BCUT2D eigenvalue weighted by atomic mass is 10.2. The molecule has 0 radical (unpaired) electrons. The minimum Gasteiger partial charge on any atom is -0.396 e. The number of nitrogens with one attached hydrogen (secondary N) is 1. The maximum Gasteiger partial charge on any atom is 0.148 e. The number of aliphatic hydroxyl groups is 1. The SMILES string of the molecule is OCCCn1cc(SNc2cc(F)c(Br)cc2F)c2ccc(Cl)cc21. The van der Waals surface area contributed by atoms with Crippen molar-refractivity contribution in [1.82, 2.24) is 4.57 Å². The van der Waals surface area contributed by atoms with Crippen LogP contribution in [0.1, 0.15) is 6.42 Å². The average Bonchev–Trinajstić information content (AvgIpc) is 2.92. The van der Waals surface area contributed by atoms with Gasteiger partial charge in [-0.1, -0.05) is 17.7 Å². The molecule has 132 valence electrons. The molecule has 0 aliphatic rings. The van der Waals surface area contributed by atoms with Gasteiger partial charge in [0, 0.05) is 35.8 Å². The van der Waals surface area contributed by atoms with Gasteiger partial charge in [0.2, 0.25) is 0 Å². The number of aliphatic hydroxyl groups excluding tert-OH is 1. The van der Waals surface area contributed by atoms with E-state index in [2.05, 4.69) is 20.7 Å². The number of fused-ring (bicyclic) bond motifs is 1. The third-order valence-corrected chi connectivity index (χ3v) is 5.36. The summed E-state index contributed by atoms with van der Waals surface area (Å²) in [5.74, 6) is -1.09. The van der Waals surface area contributed by atoms with Crippen LogP contribution in [0.2, 0.25) is 5.02 Å². The van der Waals surface area contributed by atoms with Crippen molar-refractivity contribution in [2.45, 2.75) is 17.9 Å². The van der Waals surface area contributed by atoms with Crippen LogP contribution >= 0.6 is 39.5 Å². The number of aromatic nitrogens is 1. The van der Waals surface area contributed by atoms with Crippen molar-refractivity contribution >= 4 is 56.1 Å². The van der Waals surface area contributed by atoms with Crippen LogP contribution in [0, 0.1) is 11.6 Å². The van der Waals surface area contributed by atoms with Crippen LogP contribution in [0.3, 0.4) is 0 Å². The van der Waals surface area contributed by atoms with Gasteiger partial charge in [0.1, 0.15) is 11.6 Å². The number of aryl methyl sites for hydroxylation is 1. The van der Waals surface area contributed by atoms with Crippen LogP contribution < -0.4 is 4.72 Å². The first-order valence-electron chi connectivity index (χ1n) is 7.46. The predicted molar refractivity (Wildman–Crippen MR) is 102 cm³/mol. The second-order valence-corrected chi connectivity index (χ2v) is 7.51. The van der Waals surface area contributed by atoms with Gasteiger partial charge < -0.3 is 14.4 Å². The minimum atomic E-state index is -0.548. The van der Waals surface area contributed by atoms with Gasteiger partial charge in [0.15, 0.2) is 0 Å². The highest BCUT2D eigenvalue weighted by molar-refractivity contribution is 9.10. The summed E-state index contributed by atoms with van der Waals surface area (Å²) < 4.78 is 32.5. The molecule has 2 aromatic carbocycles. The van der Waals surface area contributed by atoms with Gasteiger partial charge in [0.25, 0.3) is 0 Å². The standard InChI is InChI=1S/C17H14BrClF2N2OS/c18-12-7-14(21)15(8-13(12)20)22-25-17-9-23(4-1-5-24)16-6-10(19)2-3-11(16)17/h2-3,6-9,22,24H,1,4-5H2. The molecule has 0 aliphatic carbocycles. The summed E-state index contributed by atoms with van der Waals surface area (Å²) in [5.41, 5.74) is 0.989. The van der Waals surface area contributed by atoms with Crippen molar-refractivity contribution in [2.75, 3.05) is 11.3 Å². The Labute approximate surface area is 161 Å².